The molecule has 0 aliphatic heterocycles. The van der Waals surface area contributed by atoms with Crippen LogP contribution in [-0.4, -0.2) is 0 Å². The summed E-state index contributed by atoms with van der Waals surface area (Å²) in [5.41, 5.74) is 0. The molecule has 0 saturated heterocycles. The smallest absolute Gasteiger partial charge is 0.444 e. The van der Waals surface area contributed by atoms with Gasteiger partial charge in [0.05, 0.1) is 0 Å². The molecule has 0 radical (unpaired) electrons. The van der Waals surface area contributed by atoms with Gasteiger partial charge in [0.25, 0.3) is 0 Å². The zero-order valence-corrected chi connectivity index (χ0v) is 8.53. The molecule has 0 aromatic carbocycles. The second-order valence-electron chi connectivity index (χ2n) is 0.149. The first-order chi connectivity index (χ1) is 2.83. The predicted molar refractivity (Wildman–Crippen MR) is 21.1 cm³/mol. The molecule has 0 atom stereocenters. The number of hydrogen-bond acceptors (Lipinski definition) is 6. The van der Waals surface area contributed by atoms with E-state index in [0.717, 1.165) is 10.7 Å². The van der Waals surface area contributed by atoms with Gasteiger partial charge in [-0.3, -0.25) is 0 Å². The fourth-order valence-electron chi connectivity index (χ4n) is 0. The van der Waals surface area contributed by atoms with Crippen LogP contribution in [0.1, 0.15) is 0 Å². The van der Waals surface area contributed by atoms with Crippen molar-refractivity contribution in [2.24, 2.45) is 10.7 Å². The number of halogens is 1. The summed E-state index contributed by atoms with van der Waals surface area (Å²) in [5, 5.41) is 18.0. The molecule has 0 rings (SSSR count). The van der Waals surface area contributed by atoms with Crippen molar-refractivity contribution >= 4 is 0 Å². The second-order valence-corrected chi connectivity index (χ2v) is 0.149. The van der Waals surface area contributed by atoms with E-state index in [1.165, 1.54) is 0 Å². The Morgan fingerprint density at radius 1 is 1.00 bits per heavy atom. The van der Waals surface area contributed by atoms with Crippen molar-refractivity contribution in [3.63, 3.8) is 0 Å². The van der Waals surface area contributed by atoms with Crippen LogP contribution in [0, 0.1) is 20.2 Å². The Hall–Kier alpha value is 0.530. The Morgan fingerprint density at radius 2 is 1.00 bits per heavy atom. The van der Waals surface area contributed by atoms with Crippen LogP contribution >= 0.6 is 0 Å². The molecule has 0 unspecified atom stereocenters. The fourth-order valence-corrected chi connectivity index (χ4v) is 0. The van der Waals surface area contributed by atoms with Crippen LogP contribution in [0.15, 0.2) is 10.7 Å². The summed E-state index contributed by atoms with van der Waals surface area (Å²) in [6.45, 7) is 0. The van der Waals surface area contributed by atoms with Crippen LogP contribution in [0.25, 0.3) is 0 Å². The first kappa shape index (κ1) is 23.6. The molecule has 8 heteroatoms. The van der Waals surface area contributed by atoms with Crippen LogP contribution in [0.3, 0.4) is 0 Å². The van der Waals surface area contributed by atoms with Crippen molar-refractivity contribution in [1.82, 2.24) is 0 Å². The van der Waals surface area contributed by atoms with Gasteiger partial charge in [-0.2, -0.15) is 0 Å². The molecule has 0 aromatic heterocycles. The molecule has 0 spiro atoms. The van der Waals surface area contributed by atoms with Gasteiger partial charge in [0, 0.05) is 0 Å². The maximum Gasteiger partial charge on any atom is 1.00 e. The Morgan fingerprint density at radius 3 is 1.00 bits per heavy atom. The maximum atomic E-state index is 8.00. The van der Waals surface area contributed by atoms with E-state index in [9.17, 15) is 0 Å². The number of nitrogens with zero attached hydrogens (tertiary/aromatic N) is 2. The van der Waals surface area contributed by atoms with Crippen LogP contribution in [-0.2, 0) is 0 Å². The average molecular weight is 244 g/mol. The molecule has 0 bridgehead atoms. The van der Waals surface area contributed by atoms with E-state index in [-0.39, 0.29) is 53.5 Å². The van der Waals surface area contributed by atoms with Gasteiger partial charge in [-0.25, -0.2) is 0 Å². The summed E-state index contributed by atoms with van der Waals surface area (Å²) in [5.74, 6) is 0. The Bertz CT molecular complexity index is 35.0. The van der Waals surface area contributed by atoms with E-state index in [0.29, 0.717) is 0 Å². The Balaban J connectivity index is -0.0000000160. The average Bonchev–Trinajstić information content (AvgIpc) is 1.39. The summed E-state index contributed by atoms with van der Waals surface area (Å²) in [7, 11) is 0. The fraction of sp³-hybridized carbons (Fsp3) is 0. The van der Waals surface area contributed by atoms with Crippen molar-refractivity contribution in [2.45, 2.75) is 0 Å². The van der Waals surface area contributed by atoms with Gasteiger partial charge in [-0.05, 0) is 0 Å². The maximum absolute atomic E-state index is 8.00. The largest absolute Gasteiger partial charge is 1.00 e. The van der Waals surface area contributed by atoms with Crippen LogP contribution in [0.5, 0.6) is 0 Å². The van der Waals surface area contributed by atoms with Crippen molar-refractivity contribution in [3.05, 3.63) is 20.2 Å². The third-order valence-corrected chi connectivity index (χ3v) is 0. The standard InChI is InChI=1S/H2I.2HNO2.Na/c;2*2-1-3;/h1H2;2*(H,2,3);/q+1;;;+1/p-2. The molecule has 0 fully saturated rings. The molecular formula is H2IN2NaO4. The molecule has 0 heterocycles. The molecular weight excluding hydrogens is 242 g/mol. The molecule has 8 heavy (non-hydrogen) atoms. The monoisotopic (exact) mass is 244 g/mol. The molecule has 0 aliphatic rings. The minimum Gasteiger partial charge on any atom is -0.444 e. The predicted octanol–water partition coefficient (Wildman–Crippen LogP) is -6.03. The number of hydrogen-bond donors (Lipinski definition) is 0. The summed E-state index contributed by atoms with van der Waals surface area (Å²) in [6, 6.07) is 0. The van der Waals surface area contributed by atoms with Gasteiger partial charge >= 0.3 is 29.6 Å². The van der Waals surface area contributed by atoms with Crippen molar-refractivity contribution in [3.8, 4) is 0 Å². The van der Waals surface area contributed by atoms with E-state index < -0.39 is 0 Å². The second kappa shape index (κ2) is 50.2. The minimum atomic E-state index is 0. The van der Waals surface area contributed by atoms with Gasteiger partial charge in [0.2, 0.25) is 24.0 Å². The van der Waals surface area contributed by atoms with Crippen molar-refractivity contribution in [1.29, 1.82) is 0 Å². The summed E-state index contributed by atoms with van der Waals surface area (Å²) in [4.78, 5) is 16.0. The quantitative estimate of drug-likeness (QED) is 0.183. The first-order valence-electron chi connectivity index (χ1n) is 0.730. The zero-order valence-electron chi connectivity index (χ0n) is 3.97. The van der Waals surface area contributed by atoms with Gasteiger partial charge in [0.15, 0.2) is 0 Å². The van der Waals surface area contributed by atoms with Crippen LogP contribution < -0.4 is 53.5 Å². The molecule has 0 saturated carbocycles. The van der Waals surface area contributed by atoms with Crippen LogP contribution in [0.4, 0.5) is 0 Å². The third-order valence-electron chi connectivity index (χ3n) is 0. The molecule has 0 amide bonds. The van der Waals surface area contributed by atoms with Gasteiger partial charge < -0.3 is 20.2 Å². The first-order valence-corrected chi connectivity index (χ1v) is 0.730. The van der Waals surface area contributed by atoms with Gasteiger partial charge in [0.1, 0.15) is 0 Å². The van der Waals surface area contributed by atoms with Gasteiger partial charge in [-0.15, -0.1) is 10.7 Å². The molecule has 0 aliphatic carbocycles. The van der Waals surface area contributed by atoms with E-state index in [1.807, 2.05) is 0 Å². The van der Waals surface area contributed by atoms with Crippen molar-refractivity contribution < 1.29 is 53.5 Å². The Kier molecular flexibility index (Phi) is 148. The zero-order chi connectivity index (χ0) is 5.41. The summed E-state index contributed by atoms with van der Waals surface area (Å²) >= 11 is 0. The van der Waals surface area contributed by atoms with Crippen LogP contribution in [0.2, 0.25) is 0 Å². The SMILES string of the molecule is O=N[O-].O=N[O-].[IH2+].[Na+]. The molecule has 0 N–H and O–H groups in total. The molecule has 6 nitrogen and oxygen atoms in total. The number of rotatable bonds is 0. The van der Waals surface area contributed by atoms with Gasteiger partial charge in [-0.1, -0.05) is 0 Å². The van der Waals surface area contributed by atoms with E-state index in [2.05, 4.69) is 0 Å². The Labute approximate surface area is 83.8 Å². The third kappa shape index (κ3) is 711. The van der Waals surface area contributed by atoms with Crippen molar-refractivity contribution in [2.75, 3.05) is 0 Å². The summed E-state index contributed by atoms with van der Waals surface area (Å²) < 4.78 is 0. The summed E-state index contributed by atoms with van der Waals surface area (Å²) in [6.07, 6.45) is 0. The van der Waals surface area contributed by atoms with E-state index in [1.54, 1.807) is 0 Å². The normalized spacial score (nSPS) is 3.00. The van der Waals surface area contributed by atoms with E-state index in [4.69, 9.17) is 20.2 Å². The topological polar surface area (TPSA) is 105 Å². The molecule has 44 valence electrons. The molecule has 0 aromatic rings. The van der Waals surface area contributed by atoms with E-state index >= 15 is 0 Å². The minimum absolute atomic E-state index is 0.